The van der Waals surface area contributed by atoms with Crippen LogP contribution in [0, 0.1) is 10.7 Å². The number of fused-ring (bicyclic) bond motifs is 1. The van der Waals surface area contributed by atoms with Gasteiger partial charge in [0.15, 0.2) is 4.77 Å². The fraction of sp³-hybridized carbons (Fsp3) is 0.286. The topological polar surface area (TPSA) is 58.1 Å². The van der Waals surface area contributed by atoms with Crippen LogP contribution >= 0.6 is 12.2 Å². The van der Waals surface area contributed by atoms with Crippen molar-refractivity contribution in [3.8, 4) is 5.69 Å². The molecule has 1 aliphatic rings. The summed E-state index contributed by atoms with van der Waals surface area (Å²) in [5, 5.41) is 0.577. The number of likely N-dealkylation sites (tertiary alicyclic amines) is 1. The molecule has 1 N–H and O–H groups in total. The summed E-state index contributed by atoms with van der Waals surface area (Å²) in [6, 6.07) is 14.4. The number of hydrogen-bond acceptors (Lipinski definition) is 3. The van der Waals surface area contributed by atoms with Crippen LogP contribution < -0.4 is 5.56 Å². The minimum Gasteiger partial charge on any atom is -0.338 e. The summed E-state index contributed by atoms with van der Waals surface area (Å²) in [5.74, 6) is 0.584. The third-order valence-electron chi connectivity index (χ3n) is 5.12. The Hall–Kier alpha value is -2.73. The molecular formula is C21H21N3O2S. The quantitative estimate of drug-likeness (QED) is 0.687. The number of hydrogen-bond donors (Lipinski definition) is 1. The summed E-state index contributed by atoms with van der Waals surface area (Å²) in [6.45, 7) is 3.78. The van der Waals surface area contributed by atoms with Crippen LogP contribution in [-0.2, 0) is 0 Å². The highest BCUT2D eigenvalue weighted by Crippen LogP contribution is 2.19. The zero-order chi connectivity index (χ0) is 19.0. The number of aromatic amines is 1. The maximum Gasteiger partial charge on any atom is 0.266 e. The second-order valence-electron chi connectivity index (χ2n) is 7.16. The predicted molar refractivity (Wildman–Crippen MR) is 109 cm³/mol. The van der Waals surface area contributed by atoms with Crippen molar-refractivity contribution in [3.05, 3.63) is 69.2 Å². The van der Waals surface area contributed by atoms with Crippen molar-refractivity contribution in [2.45, 2.75) is 19.8 Å². The first-order valence-corrected chi connectivity index (χ1v) is 9.59. The lowest BCUT2D eigenvalue weighted by molar-refractivity contribution is 0.0683. The van der Waals surface area contributed by atoms with Gasteiger partial charge >= 0.3 is 0 Å². The predicted octanol–water partition coefficient (Wildman–Crippen LogP) is 3.92. The lowest BCUT2D eigenvalue weighted by atomic mass is 9.99. The minimum atomic E-state index is -0.168. The summed E-state index contributed by atoms with van der Waals surface area (Å²) < 4.78 is 1.80. The van der Waals surface area contributed by atoms with E-state index in [-0.39, 0.29) is 11.5 Å². The molecule has 0 spiro atoms. The number of piperidine rings is 1. The van der Waals surface area contributed by atoms with Gasteiger partial charge < -0.3 is 9.88 Å². The molecule has 6 heteroatoms. The van der Waals surface area contributed by atoms with Crippen molar-refractivity contribution >= 4 is 29.0 Å². The third kappa shape index (κ3) is 3.32. The Morgan fingerprint density at radius 1 is 1.15 bits per heavy atom. The molecule has 4 rings (SSSR count). The van der Waals surface area contributed by atoms with E-state index in [0.29, 0.717) is 27.3 Å². The molecule has 0 radical (unpaired) electrons. The molecule has 1 saturated heterocycles. The van der Waals surface area contributed by atoms with E-state index in [1.54, 1.807) is 30.3 Å². The standard InChI is InChI=1S/C21H21N3O2S/c1-14-5-4-12-23(13-14)19(25)15-8-10-16(11-9-15)24-20(26)17-6-2-3-7-18(17)22-21(24)27/h2-3,6-11,14H,4-5,12-13H2,1H3,(H,22,27)/t14-/m1/s1. The first-order chi connectivity index (χ1) is 13.0. The molecule has 27 heavy (non-hydrogen) atoms. The number of aromatic nitrogens is 2. The maximum atomic E-state index is 12.9. The summed E-state index contributed by atoms with van der Waals surface area (Å²) in [5.41, 5.74) is 1.83. The molecule has 2 aromatic carbocycles. The van der Waals surface area contributed by atoms with E-state index in [9.17, 15) is 9.59 Å². The van der Waals surface area contributed by atoms with Gasteiger partial charge in [-0.3, -0.25) is 14.2 Å². The van der Waals surface area contributed by atoms with E-state index in [0.717, 1.165) is 25.0 Å². The zero-order valence-corrected chi connectivity index (χ0v) is 16.0. The smallest absolute Gasteiger partial charge is 0.266 e. The first kappa shape index (κ1) is 17.7. The van der Waals surface area contributed by atoms with Gasteiger partial charge in [0.05, 0.1) is 16.6 Å². The average molecular weight is 379 g/mol. The summed E-state index contributed by atoms with van der Waals surface area (Å²) >= 11 is 5.38. The molecule has 0 aliphatic carbocycles. The third-order valence-corrected chi connectivity index (χ3v) is 5.41. The second kappa shape index (κ2) is 7.12. The molecule has 1 amide bonds. The number of H-pyrrole nitrogens is 1. The Bertz CT molecular complexity index is 1110. The van der Waals surface area contributed by atoms with Gasteiger partial charge in [0.2, 0.25) is 0 Å². The molecule has 0 bridgehead atoms. The van der Waals surface area contributed by atoms with E-state index < -0.39 is 0 Å². The Balaban J connectivity index is 1.69. The second-order valence-corrected chi connectivity index (χ2v) is 7.55. The van der Waals surface area contributed by atoms with Crippen molar-refractivity contribution in [2.24, 2.45) is 5.92 Å². The van der Waals surface area contributed by atoms with Gasteiger partial charge in [-0.2, -0.15) is 0 Å². The molecule has 0 saturated carbocycles. The average Bonchev–Trinajstić information content (AvgIpc) is 2.68. The van der Waals surface area contributed by atoms with Crippen molar-refractivity contribution in [3.63, 3.8) is 0 Å². The maximum absolute atomic E-state index is 12.9. The van der Waals surface area contributed by atoms with E-state index in [1.165, 1.54) is 11.0 Å². The Labute approximate surface area is 162 Å². The van der Waals surface area contributed by atoms with Crippen LogP contribution in [0.25, 0.3) is 16.6 Å². The molecule has 1 atom stereocenters. The van der Waals surface area contributed by atoms with Gasteiger partial charge in [-0.1, -0.05) is 19.1 Å². The van der Waals surface area contributed by atoms with E-state index in [2.05, 4.69) is 11.9 Å². The highest BCUT2D eigenvalue weighted by molar-refractivity contribution is 7.71. The molecular weight excluding hydrogens is 358 g/mol. The van der Waals surface area contributed by atoms with Gasteiger partial charge in [0.25, 0.3) is 11.5 Å². The summed E-state index contributed by atoms with van der Waals surface area (Å²) in [7, 11) is 0. The van der Waals surface area contributed by atoms with Crippen molar-refractivity contribution in [2.75, 3.05) is 13.1 Å². The van der Waals surface area contributed by atoms with Crippen LogP contribution in [0.1, 0.15) is 30.1 Å². The van der Waals surface area contributed by atoms with Crippen LogP contribution in [0.15, 0.2) is 53.3 Å². The van der Waals surface area contributed by atoms with Crippen molar-refractivity contribution in [1.82, 2.24) is 14.5 Å². The van der Waals surface area contributed by atoms with Gasteiger partial charge in [0, 0.05) is 18.7 Å². The number of nitrogens with one attached hydrogen (secondary N) is 1. The SMILES string of the molecule is C[C@@H]1CCCN(C(=O)c2ccc(-n3c(=S)[nH]c4ccccc4c3=O)cc2)C1. The number of carbonyl (C=O) groups excluding carboxylic acids is 1. The van der Waals surface area contributed by atoms with Gasteiger partial charge in [-0.15, -0.1) is 0 Å². The molecule has 138 valence electrons. The number of para-hydroxylation sites is 1. The van der Waals surface area contributed by atoms with Gasteiger partial charge in [0.1, 0.15) is 0 Å². The summed E-state index contributed by atoms with van der Waals surface area (Å²) in [6.07, 6.45) is 2.22. The molecule has 1 fully saturated rings. The monoisotopic (exact) mass is 379 g/mol. The molecule has 2 heterocycles. The normalized spacial score (nSPS) is 17.2. The number of nitrogens with zero attached hydrogens (tertiary/aromatic N) is 2. The fourth-order valence-corrected chi connectivity index (χ4v) is 4.00. The minimum absolute atomic E-state index is 0.0455. The summed E-state index contributed by atoms with van der Waals surface area (Å²) in [4.78, 5) is 30.6. The zero-order valence-electron chi connectivity index (χ0n) is 15.1. The molecule has 1 aromatic heterocycles. The molecule has 1 aliphatic heterocycles. The number of carbonyl (C=O) groups is 1. The largest absolute Gasteiger partial charge is 0.338 e. The number of benzene rings is 2. The van der Waals surface area contributed by atoms with E-state index >= 15 is 0 Å². The fourth-order valence-electron chi connectivity index (χ4n) is 3.71. The van der Waals surface area contributed by atoms with Crippen LogP contribution in [0.5, 0.6) is 0 Å². The highest BCUT2D eigenvalue weighted by atomic mass is 32.1. The molecule has 3 aromatic rings. The van der Waals surface area contributed by atoms with Gasteiger partial charge in [-0.05, 0) is 67.4 Å². The molecule has 5 nitrogen and oxygen atoms in total. The number of rotatable bonds is 2. The van der Waals surface area contributed by atoms with Crippen LogP contribution in [0.4, 0.5) is 0 Å². The first-order valence-electron chi connectivity index (χ1n) is 9.18. The highest BCUT2D eigenvalue weighted by Gasteiger charge is 2.22. The number of amides is 1. The van der Waals surface area contributed by atoms with Gasteiger partial charge in [-0.25, -0.2) is 0 Å². The van der Waals surface area contributed by atoms with Crippen LogP contribution in [0.3, 0.4) is 0 Å². The van der Waals surface area contributed by atoms with Crippen molar-refractivity contribution < 1.29 is 4.79 Å². The molecule has 0 unspecified atom stereocenters. The Morgan fingerprint density at radius 2 is 1.89 bits per heavy atom. The van der Waals surface area contributed by atoms with E-state index in [4.69, 9.17) is 12.2 Å². The lowest BCUT2D eigenvalue weighted by Gasteiger charge is -2.31. The van der Waals surface area contributed by atoms with Crippen molar-refractivity contribution in [1.29, 1.82) is 0 Å². The van der Waals surface area contributed by atoms with Crippen LogP contribution in [-0.4, -0.2) is 33.4 Å². The van der Waals surface area contributed by atoms with E-state index in [1.807, 2.05) is 23.1 Å². The van der Waals surface area contributed by atoms with Crippen LogP contribution in [0.2, 0.25) is 0 Å². The lowest BCUT2D eigenvalue weighted by Crippen LogP contribution is -2.39. The Morgan fingerprint density at radius 3 is 2.63 bits per heavy atom. The Kier molecular flexibility index (Phi) is 4.66.